The highest BCUT2D eigenvalue weighted by Gasteiger charge is 2.37. The molecule has 0 spiro atoms. The molecule has 0 saturated carbocycles. The van der Waals surface area contributed by atoms with E-state index in [0.717, 1.165) is 5.57 Å². The van der Waals surface area contributed by atoms with E-state index in [9.17, 15) is 9.59 Å². The number of carbonyl (C=O) groups excluding carboxylic acids is 2. The number of methoxy groups -OCH3 is 1. The maximum atomic E-state index is 11.4. The first kappa shape index (κ1) is 12.0. The molecule has 15 heavy (non-hydrogen) atoms. The number of allylic oxidation sites excluding steroid dienone is 2. The van der Waals surface area contributed by atoms with Crippen molar-refractivity contribution in [1.82, 2.24) is 0 Å². The summed E-state index contributed by atoms with van der Waals surface area (Å²) in [4.78, 5) is 22.7. The topological polar surface area (TPSA) is 43.4 Å². The van der Waals surface area contributed by atoms with E-state index in [0.29, 0.717) is 12.8 Å². The minimum Gasteiger partial charge on any atom is -0.469 e. The van der Waals surface area contributed by atoms with Crippen LogP contribution in [0.25, 0.3) is 0 Å². The minimum absolute atomic E-state index is 0.114. The van der Waals surface area contributed by atoms with E-state index in [1.165, 1.54) is 7.11 Å². The number of esters is 1. The molecular weight excluding hydrogens is 192 g/mol. The lowest BCUT2D eigenvalue weighted by Gasteiger charge is -2.37. The second kappa shape index (κ2) is 4.17. The molecule has 1 aliphatic carbocycles. The first-order chi connectivity index (χ1) is 6.86. The van der Waals surface area contributed by atoms with Gasteiger partial charge in [-0.1, -0.05) is 19.4 Å². The quantitative estimate of drug-likeness (QED) is 0.656. The molecule has 0 aliphatic heterocycles. The average Bonchev–Trinajstić information content (AvgIpc) is 2.09. The van der Waals surface area contributed by atoms with Gasteiger partial charge in [-0.2, -0.15) is 0 Å². The highest BCUT2D eigenvalue weighted by molar-refractivity contribution is 5.92. The predicted octanol–water partition coefficient (Wildman–Crippen LogP) is 2.11. The fraction of sp³-hybridized carbons (Fsp3) is 0.667. The Morgan fingerprint density at radius 1 is 1.60 bits per heavy atom. The van der Waals surface area contributed by atoms with Crippen molar-refractivity contribution in [1.29, 1.82) is 0 Å². The van der Waals surface area contributed by atoms with Crippen molar-refractivity contribution in [2.45, 2.75) is 33.6 Å². The highest BCUT2D eigenvalue weighted by Crippen LogP contribution is 2.41. The molecule has 1 rings (SSSR count). The molecule has 0 aromatic rings. The lowest BCUT2D eigenvalue weighted by molar-refractivity contribution is -0.143. The maximum Gasteiger partial charge on any atom is 0.306 e. The normalized spacial score (nSPS) is 24.7. The van der Waals surface area contributed by atoms with Crippen molar-refractivity contribution in [3.05, 3.63) is 11.6 Å². The summed E-state index contributed by atoms with van der Waals surface area (Å²) in [6.45, 7) is 5.95. The number of hydrogen-bond donors (Lipinski definition) is 0. The van der Waals surface area contributed by atoms with Crippen molar-refractivity contribution in [2.24, 2.45) is 11.3 Å². The average molecular weight is 210 g/mol. The van der Waals surface area contributed by atoms with Crippen LogP contribution in [0.4, 0.5) is 0 Å². The molecule has 0 aromatic carbocycles. The molecule has 0 unspecified atom stereocenters. The molecule has 0 bridgehead atoms. The van der Waals surface area contributed by atoms with Crippen LogP contribution in [-0.2, 0) is 14.3 Å². The van der Waals surface area contributed by atoms with E-state index in [4.69, 9.17) is 0 Å². The molecule has 0 N–H and O–H groups in total. The van der Waals surface area contributed by atoms with E-state index in [1.807, 2.05) is 20.8 Å². The first-order valence-corrected chi connectivity index (χ1v) is 5.14. The van der Waals surface area contributed by atoms with Crippen LogP contribution in [0.3, 0.4) is 0 Å². The van der Waals surface area contributed by atoms with Gasteiger partial charge in [0.1, 0.15) is 0 Å². The Bertz CT molecular complexity index is 313. The van der Waals surface area contributed by atoms with Gasteiger partial charge in [0, 0.05) is 6.42 Å². The Morgan fingerprint density at radius 2 is 2.20 bits per heavy atom. The fourth-order valence-corrected chi connectivity index (χ4v) is 2.28. The zero-order valence-corrected chi connectivity index (χ0v) is 9.79. The van der Waals surface area contributed by atoms with Gasteiger partial charge in [0.05, 0.1) is 13.5 Å². The number of ketones is 1. The number of ether oxygens (including phenoxy) is 1. The number of hydrogen-bond acceptors (Lipinski definition) is 3. The van der Waals surface area contributed by atoms with Gasteiger partial charge in [-0.05, 0) is 24.3 Å². The lowest BCUT2D eigenvalue weighted by Crippen LogP contribution is -2.33. The Labute approximate surface area is 90.5 Å². The van der Waals surface area contributed by atoms with Gasteiger partial charge < -0.3 is 4.74 Å². The van der Waals surface area contributed by atoms with Crippen molar-refractivity contribution in [2.75, 3.05) is 7.11 Å². The predicted molar refractivity (Wildman–Crippen MR) is 57.3 cm³/mol. The molecule has 0 amide bonds. The Balaban J connectivity index is 2.89. The summed E-state index contributed by atoms with van der Waals surface area (Å²) in [5, 5.41) is 0. The molecule has 0 radical (unpaired) electrons. The van der Waals surface area contributed by atoms with Crippen LogP contribution < -0.4 is 0 Å². The van der Waals surface area contributed by atoms with Gasteiger partial charge in [0.15, 0.2) is 5.78 Å². The summed E-state index contributed by atoms with van der Waals surface area (Å²) >= 11 is 0. The van der Waals surface area contributed by atoms with Gasteiger partial charge in [-0.25, -0.2) is 0 Å². The van der Waals surface area contributed by atoms with Gasteiger partial charge in [-0.15, -0.1) is 0 Å². The van der Waals surface area contributed by atoms with Gasteiger partial charge in [0.25, 0.3) is 0 Å². The van der Waals surface area contributed by atoms with Crippen LogP contribution in [0.1, 0.15) is 33.6 Å². The van der Waals surface area contributed by atoms with E-state index in [-0.39, 0.29) is 23.1 Å². The molecule has 3 nitrogen and oxygen atoms in total. The van der Waals surface area contributed by atoms with E-state index >= 15 is 0 Å². The summed E-state index contributed by atoms with van der Waals surface area (Å²) in [7, 11) is 1.39. The van der Waals surface area contributed by atoms with Crippen molar-refractivity contribution >= 4 is 11.8 Å². The van der Waals surface area contributed by atoms with Crippen LogP contribution in [0.15, 0.2) is 11.6 Å². The second-order valence-electron chi connectivity index (χ2n) is 4.85. The molecule has 0 saturated heterocycles. The van der Waals surface area contributed by atoms with Crippen LogP contribution in [0, 0.1) is 11.3 Å². The Kier molecular flexibility index (Phi) is 3.32. The van der Waals surface area contributed by atoms with E-state index < -0.39 is 0 Å². The van der Waals surface area contributed by atoms with Crippen LogP contribution >= 0.6 is 0 Å². The highest BCUT2D eigenvalue weighted by atomic mass is 16.5. The molecule has 1 atom stereocenters. The molecular formula is C12H18O3. The zero-order valence-electron chi connectivity index (χ0n) is 9.79. The lowest BCUT2D eigenvalue weighted by atomic mass is 9.67. The Morgan fingerprint density at radius 3 is 2.67 bits per heavy atom. The minimum atomic E-state index is -0.213. The largest absolute Gasteiger partial charge is 0.469 e. The number of carbonyl (C=O) groups is 2. The standard InChI is InChI=1S/C12H18O3/c1-8-5-9(13)7-12(2,3)10(8)6-11(14)15-4/h5,10H,6-7H2,1-4H3/t10-/m0/s1. The third-order valence-electron chi connectivity index (χ3n) is 3.11. The number of rotatable bonds is 2. The Hall–Kier alpha value is -1.12. The van der Waals surface area contributed by atoms with Crippen molar-refractivity contribution < 1.29 is 14.3 Å². The van der Waals surface area contributed by atoms with Crippen LogP contribution in [0.2, 0.25) is 0 Å². The SMILES string of the molecule is COC(=O)C[C@H]1C(C)=CC(=O)CC1(C)C. The fourth-order valence-electron chi connectivity index (χ4n) is 2.28. The summed E-state index contributed by atoms with van der Waals surface area (Å²) in [5.41, 5.74) is 0.839. The maximum absolute atomic E-state index is 11.4. The molecule has 0 aromatic heterocycles. The first-order valence-electron chi connectivity index (χ1n) is 5.14. The molecule has 1 aliphatic rings. The van der Waals surface area contributed by atoms with Crippen molar-refractivity contribution in [3.8, 4) is 0 Å². The molecule has 84 valence electrons. The summed E-state index contributed by atoms with van der Waals surface area (Å²) in [6, 6.07) is 0. The molecule has 0 heterocycles. The third kappa shape index (κ3) is 2.67. The zero-order chi connectivity index (χ0) is 11.6. The summed E-state index contributed by atoms with van der Waals surface area (Å²) < 4.78 is 4.67. The van der Waals surface area contributed by atoms with Gasteiger partial charge in [0.2, 0.25) is 0 Å². The third-order valence-corrected chi connectivity index (χ3v) is 3.11. The van der Waals surface area contributed by atoms with Gasteiger partial charge >= 0.3 is 5.97 Å². The summed E-state index contributed by atoms with van der Waals surface area (Å²) in [5.74, 6) is 0.0523. The van der Waals surface area contributed by atoms with E-state index in [1.54, 1.807) is 6.08 Å². The second-order valence-corrected chi connectivity index (χ2v) is 4.85. The van der Waals surface area contributed by atoms with Crippen LogP contribution in [0.5, 0.6) is 0 Å². The van der Waals surface area contributed by atoms with Crippen LogP contribution in [-0.4, -0.2) is 18.9 Å². The van der Waals surface area contributed by atoms with Crippen molar-refractivity contribution in [3.63, 3.8) is 0 Å². The van der Waals surface area contributed by atoms with E-state index in [2.05, 4.69) is 4.74 Å². The van der Waals surface area contributed by atoms with Gasteiger partial charge in [-0.3, -0.25) is 9.59 Å². The molecule has 3 heteroatoms. The monoisotopic (exact) mass is 210 g/mol. The summed E-state index contributed by atoms with van der Waals surface area (Å²) in [6.07, 6.45) is 2.52. The molecule has 0 fully saturated rings. The smallest absolute Gasteiger partial charge is 0.306 e.